The Balaban J connectivity index is 2.40. The molecule has 1 aromatic heterocycles. The fourth-order valence-corrected chi connectivity index (χ4v) is 3.47. The van der Waals surface area contributed by atoms with E-state index in [1.807, 2.05) is 0 Å². The number of carbonyl (C=O) groups is 2. The molecule has 0 aliphatic heterocycles. The van der Waals surface area contributed by atoms with E-state index in [4.69, 9.17) is 27.4 Å². The number of carbonyl (C=O) groups excluding carboxylic acids is 2. The number of amides is 1. The van der Waals surface area contributed by atoms with E-state index in [1.165, 1.54) is 25.3 Å². The van der Waals surface area contributed by atoms with Crippen LogP contribution in [0.25, 0.3) is 5.57 Å². The topological polar surface area (TPSA) is 115 Å². The van der Waals surface area contributed by atoms with Crippen LogP contribution in [0, 0.1) is 6.92 Å². The van der Waals surface area contributed by atoms with Crippen molar-refractivity contribution in [3.63, 3.8) is 0 Å². The SMILES string of the molecule is C=C(C(=O)N(C(N)=S)c1nc(C)c(C(=O)OCC)s1)c1ccc(O)c(OC)c1. The number of thiazole rings is 1. The Labute approximate surface area is 171 Å². The van der Waals surface area contributed by atoms with Crippen LogP contribution in [-0.4, -0.2) is 40.8 Å². The first-order valence-corrected chi connectivity index (χ1v) is 9.28. The summed E-state index contributed by atoms with van der Waals surface area (Å²) in [6.07, 6.45) is 0. The lowest BCUT2D eigenvalue weighted by Gasteiger charge is -2.19. The van der Waals surface area contributed by atoms with Crippen LogP contribution in [0.1, 0.15) is 27.9 Å². The van der Waals surface area contributed by atoms with E-state index in [-0.39, 0.29) is 38.8 Å². The maximum atomic E-state index is 13.0. The average molecular weight is 422 g/mol. The zero-order chi connectivity index (χ0) is 21.0. The first-order chi connectivity index (χ1) is 13.2. The molecule has 3 N–H and O–H groups in total. The summed E-state index contributed by atoms with van der Waals surface area (Å²) in [6.45, 7) is 7.32. The predicted octanol–water partition coefficient (Wildman–Crippen LogP) is 2.63. The maximum Gasteiger partial charge on any atom is 0.350 e. The van der Waals surface area contributed by atoms with Crippen molar-refractivity contribution in [2.24, 2.45) is 5.73 Å². The number of anilines is 1. The van der Waals surface area contributed by atoms with Gasteiger partial charge in [-0.2, -0.15) is 0 Å². The van der Waals surface area contributed by atoms with Crippen LogP contribution in [-0.2, 0) is 9.53 Å². The maximum absolute atomic E-state index is 13.0. The van der Waals surface area contributed by atoms with Crippen LogP contribution in [0.5, 0.6) is 11.5 Å². The zero-order valence-electron chi connectivity index (χ0n) is 15.5. The largest absolute Gasteiger partial charge is 0.504 e. The highest BCUT2D eigenvalue weighted by Gasteiger charge is 2.28. The lowest BCUT2D eigenvalue weighted by atomic mass is 10.1. The molecule has 0 saturated carbocycles. The van der Waals surface area contributed by atoms with Crippen molar-refractivity contribution < 1.29 is 24.2 Å². The lowest BCUT2D eigenvalue weighted by Crippen LogP contribution is -2.41. The number of rotatable bonds is 6. The number of phenols is 1. The van der Waals surface area contributed by atoms with Gasteiger partial charge in [-0.1, -0.05) is 24.0 Å². The third-order valence-electron chi connectivity index (χ3n) is 3.65. The van der Waals surface area contributed by atoms with E-state index < -0.39 is 11.9 Å². The van der Waals surface area contributed by atoms with Gasteiger partial charge >= 0.3 is 5.97 Å². The van der Waals surface area contributed by atoms with Gasteiger partial charge in [-0.15, -0.1) is 0 Å². The number of aromatic hydroxyl groups is 1. The van der Waals surface area contributed by atoms with Gasteiger partial charge in [0, 0.05) is 5.57 Å². The predicted molar refractivity (Wildman–Crippen MR) is 111 cm³/mol. The zero-order valence-corrected chi connectivity index (χ0v) is 17.1. The summed E-state index contributed by atoms with van der Waals surface area (Å²) in [6, 6.07) is 4.35. The Morgan fingerprint density at radius 1 is 1.43 bits per heavy atom. The van der Waals surface area contributed by atoms with Crippen LogP contribution in [0.15, 0.2) is 24.8 Å². The van der Waals surface area contributed by atoms with Crippen molar-refractivity contribution in [2.45, 2.75) is 13.8 Å². The number of aryl methyl sites for hydroxylation is 1. The molecule has 0 saturated heterocycles. The Morgan fingerprint density at radius 2 is 2.11 bits per heavy atom. The molecule has 0 fully saturated rings. The number of nitrogens with two attached hydrogens (primary N) is 1. The molecule has 0 bridgehead atoms. The standard InChI is InChI=1S/C18H19N3O5S2/c1-5-26-16(24)14-10(3)20-18(28-14)21(17(19)27)15(23)9(2)11-6-7-12(22)13(8-11)25-4/h6-8,22H,2,5H2,1,3-4H3,(H2,19,27). The van der Waals surface area contributed by atoms with E-state index in [1.54, 1.807) is 13.8 Å². The van der Waals surface area contributed by atoms with Crippen molar-refractivity contribution in [1.82, 2.24) is 4.98 Å². The minimum atomic E-state index is -0.621. The molecular weight excluding hydrogens is 402 g/mol. The van der Waals surface area contributed by atoms with E-state index in [9.17, 15) is 14.7 Å². The molecule has 1 amide bonds. The number of nitrogens with zero attached hydrogens (tertiary/aromatic N) is 2. The molecule has 0 aliphatic rings. The minimum absolute atomic E-state index is 0.0524. The third kappa shape index (κ3) is 4.29. The van der Waals surface area contributed by atoms with Crippen LogP contribution < -0.4 is 15.4 Å². The first kappa shape index (κ1) is 21.3. The number of hydrogen-bond acceptors (Lipinski definition) is 8. The number of hydrogen-bond donors (Lipinski definition) is 2. The van der Waals surface area contributed by atoms with Gasteiger partial charge < -0.3 is 20.3 Å². The van der Waals surface area contributed by atoms with Crippen molar-refractivity contribution >= 4 is 51.2 Å². The van der Waals surface area contributed by atoms with Crippen LogP contribution >= 0.6 is 23.6 Å². The summed E-state index contributed by atoms with van der Waals surface area (Å²) in [7, 11) is 1.39. The van der Waals surface area contributed by atoms with Crippen LogP contribution in [0.4, 0.5) is 5.13 Å². The Morgan fingerprint density at radius 3 is 2.68 bits per heavy atom. The molecule has 1 heterocycles. The fraction of sp³-hybridized carbons (Fsp3) is 0.222. The summed E-state index contributed by atoms with van der Waals surface area (Å²) >= 11 is 5.95. The van der Waals surface area contributed by atoms with Crippen LogP contribution in [0.2, 0.25) is 0 Å². The highest BCUT2D eigenvalue weighted by atomic mass is 32.1. The van der Waals surface area contributed by atoms with Gasteiger partial charge in [-0.3, -0.25) is 4.79 Å². The highest BCUT2D eigenvalue weighted by Crippen LogP contribution is 2.32. The van der Waals surface area contributed by atoms with Gasteiger partial charge in [-0.25, -0.2) is 14.7 Å². The van der Waals surface area contributed by atoms with Crippen molar-refractivity contribution in [2.75, 3.05) is 18.6 Å². The molecule has 10 heteroatoms. The second kappa shape index (κ2) is 8.81. The summed E-state index contributed by atoms with van der Waals surface area (Å²) < 4.78 is 10.0. The second-order valence-corrected chi connectivity index (χ2v) is 6.87. The molecule has 0 radical (unpaired) electrons. The van der Waals surface area contributed by atoms with Crippen molar-refractivity contribution in [1.29, 1.82) is 0 Å². The number of methoxy groups -OCH3 is 1. The van der Waals surface area contributed by atoms with Gasteiger partial charge in [0.2, 0.25) is 0 Å². The van der Waals surface area contributed by atoms with Crippen LogP contribution in [0.3, 0.4) is 0 Å². The summed E-state index contributed by atoms with van der Waals surface area (Å²) in [5, 5.41) is 9.60. The first-order valence-electron chi connectivity index (χ1n) is 8.05. The monoisotopic (exact) mass is 421 g/mol. The summed E-state index contributed by atoms with van der Waals surface area (Å²) in [4.78, 5) is 30.5. The average Bonchev–Trinajstić information content (AvgIpc) is 3.02. The number of esters is 1. The Kier molecular flexibility index (Phi) is 6.71. The fourth-order valence-electron chi connectivity index (χ4n) is 2.27. The molecular formula is C18H19N3O5S2. The number of aromatic nitrogens is 1. The van der Waals surface area contributed by atoms with E-state index in [0.29, 0.717) is 11.3 Å². The van der Waals surface area contributed by atoms with Gasteiger partial charge in [-0.05, 0) is 43.8 Å². The van der Waals surface area contributed by atoms with Gasteiger partial charge in [0.15, 0.2) is 21.7 Å². The minimum Gasteiger partial charge on any atom is -0.504 e. The van der Waals surface area contributed by atoms with Gasteiger partial charge in [0.25, 0.3) is 5.91 Å². The van der Waals surface area contributed by atoms with Crippen molar-refractivity contribution in [3.05, 3.63) is 40.9 Å². The van der Waals surface area contributed by atoms with E-state index >= 15 is 0 Å². The lowest BCUT2D eigenvalue weighted by molar-refractivity contribution is -0.112. The molecule has 148 valence electrons. The summed E-state index contributed by atoms with van der Waals surface area (Å²) in [5.74, 6) is -1.05. The number of thiocarbonyl (C=S) groups is 1. The number of benzene rings is 1. The number of ether oxygens (including phenoxy) is 2. The van der Waals surface area contributed by atoms with E-state index in [0.717, 1.165) is 16.2 Å². The smallest absolute Gasteiger partial charge is 0.350 e. The molecule has 0 aliphatic carbocycles. The molecule has 2 rings (SSSR count). The molecule has 28 heavy (non-hydrogen) atoms. The normalized spacial score (nSPS) is 10.2. The molecule has 0 spiro atoms. The molecule has 0 unspecified atom stereocenters. The Hall–Kier alpha value is -2.98. The molecule has 2 aromatic rings. The summed E-state index contributed by atoms with van der Waals surface area (Å²) in [5.41, 5.74) is 6.59. The second-order valence-electron chi connectivity index (χ2n) is 5.48. The molecule has 0 atom stereocenters. The molecule has 8 nitrogen and oxygen atoms in total. The van der Waals surface area contributed by atoms with Gasteiger partial charge in [0.05, 0.1) is 19.4 Å². The van der Waals surface area contributed by atoms with Gasteiger partial charge in [0.1, 0.15) is 4.88 Å². The van der Waals surface area contributed by atoms with Crippen molar-refractivity contribution in [3.8, 4) is 11.5 Å². The quantitative estimate of drug-likeness (QED) is 0.416. The Bertz CT molecular complexity index is 955. The van der Waals surface area contributed by atoms with E-state index in [2.05, 4.69) is 11.6 Å². The number of phenolic OH excluding ortho intramolecular Hbond substituents is 1. The third-order valence-corrected chi connectivity index (χ3v) is 4.95. The highest BCUT2D eigenvalue weighted by molar-refractivity contribution is 7.80. The molecule has 1 aromatic carbocycles.